The van der Waals surface area contributed by atoms with Crippen LogP contribution < -0.4 is 5.32 Å². The molecule has 18 heavy (non-hydrogen) atoms. The van der Waals surface area contributed by atoms with Crippen LogP contribution in [0.3, 0.4) is 0 Å². The maximum Gasteiger partial charge on any atom is 0.411 e. The number of rotatable bonds is 2. The highest BCUT2D eigenvalue weighted by Gasteiger charge is 2.15. The Morgan fingerprint density at radius 2 is 2.17 bits per heavy atom. The van der Waals surface area contributed by atoms with Gasteiger partial charge in [0.25, 0.3) is 0 Å². The molecule has 0 aliphatic heterocycles. The lowest BCUT2D eigenvalue weighted by Gasteiger charge is -2.06. The molecule has 0 atom stereocenters. The van der Waals surface area contributed by atoms with E-state index in [1.807, 2.05) is 0 Å². The first kappa shape index (κ1) is 11.9. The topological polar surface area (TPSA) is 93.4 Å². The summed E-state index contributed by atoms with van der Waals surface area (Å²) in [6.07, 6.45) is 0.848. The van der Waals surface area contributed by atoms with Gasteiger partial charge in [-0.15, -0.1) is 0 Å². The molecule has 0 saturated carbocycles. The Labute approximate surface area is 102 Å². The van der Waals surface area contributed by atoms with Gasteiger partial charge in [0, 0.05) is 12.7 Å². The molecule has 1 aromatic carbocycles. The zero-order valence-electron chi connectivity index (χ0n) is 9.80. The van der Waals surface area contributed by atoms with E-state index in [-0.39, 0.29) is 5.56 Å². The Kier molecular flexibility index (Phi) is 2.88. The Hall–Kier alpha value is -2.57. The van der Waals surface area contributed by atoms with Gasteiger partial charge in [0.1, 0.15) is 0 Å². The van der Waals surface area contributed by atoms with Gasteiger partial charge in [0.2, 0.25) is 0 Å². The van der Waals surface area contributed by atoms with Gasteiger partial charge in [-0.3, -0.25) is 5.32 Å². The summed E-state index contributed by atoms with van der Waals surface area (Å²) in [7, 11) is 2.93. The first-order chi connectivity index (χ1) is 8.52. The molecule has 1 aromatic heterocycles. The van der Waals surface area contributed by atoms with E-state index in [0.29, 0.717) is 16.7 Å². The third-order valence-corrected chi connectivity index (χ3v) is 2.47. The Morgan fingerprint density at radius 3 is 2.78 bits per heavy atom. The summed E-state index contributed by atoms with van der Waals surface area (Å²) < 4.78 is 6.06. The number of imidazole rings is 1. The van der Waals surface area contributed by atoms with E-state index in [1.54, 1.807) is 17.7 Å². The average molecular weight is 249 g/mol. The van der Waals surface area contributed by atoms with Crippen molar-refractivity contribution in [3.63, 3.8) is 0 Å². The highest BCUT2D eigenvalue weighted by molar-refractivity contribution is 6.04. The lowest BCUT2D eigenvalue weighted by molar-refractivity contribution is 0.0698. The number of aromatic nitrogens is 2. The molecule has 1 heterocycles. The molecule has 0 bridgehead atoms. The van der Waals surface area contributed by atoms with Crippen molar-refractivity contribution in [1.29, 1.82) is 0 Å². The highest BCUT2D eigenvalue weighted by atomic mass is 16.5. The van der Waals surface area contributed by atoms with Crippen LogP contribution in [0.1, 0.15) is 10.4 Å². The molecule has 2 N–H and O–H groups in total. The summed E-state index contributed by atoms with van der Waals surface area (Å²) >= 11 is 0. The summed E-state index contributed by atoms with van der Waals surface area (Å²) in [5.74, 6) is -1.09. The number of nitrogens with one attached hydrogen (secondary N) is 1. The molecule has 0 radical (unpaired) electrons. The van der Waals surface area contributed by atoms with E-state index >= 15 is 0 Å². The van der Waals surface area contributed by atoms with Gasteiger partial charge in [0.05, 0.1) is 30.0 Å². The van der Waals surface area contributed by atoms with E-state index in [1.165, 1.54) is 19.5 Å². The van der Waals surface area contributed by atoms with E-state index < -0.39 is 12.1 Å². The van der Waals surface area contributed by atoms with Crippen LogP contribution in [0.2, 0.25) is 0 Å². The summed E-state index contributed by atoms with van der Waals surface area (Å²) in [5.41, 5.74) is 1.38. The summed E-state index contributed by atoms with van der Waals surface area (Å²) in [6.45, 7) is 0. The number of carbonyl (C=O) groups excluding carboxylic acids is 1. The molecule has 7 heteroatoms. The number of methoxy groups -OCH3 is 1. The van der Waals surface area contributed by atoms with Crippen LogP contribution in [0.15, 0.2) is 18.5 Å². The van der Waals surface area contributed by atoms with Crippen LogP contribution in [-0.4, -0.2) is 33.8 Å². The van der Waals surface area contributed by atoms with E-state index in [9.17, 15) is 9.59 Å². The second-order valence-corrected chi connectivity index (χ2v) is 3.67. The van der Waals surface area contributed by atoms with Crippen LogP contribution in [0.25, 0.3) is 11.0 Å². The molecule has 1 amide bonds. The van der Waals surface area contributed by atoms with Crippen molar-refractivity contribution in [3.05, 3.63) is 24.0 Å². The quantitative estimate of drug-likeness (QED) is 0.840. The minimum absolute atomic E-state index is 0.0684. The van der Waals surface area contributed by atoms with E-state index in [0.717, 1.165) is 0 Å². The number of fused-ring (bicyclic) bond motifs is 1. The number of ether oxygens (including phenoxy) is 1. The zero-order chi connectivity index (χ0) is 13.3. The number of hydrogen-bond donors (Lipinski definition) is 2. The first-order valence-electron chi connectivity index (χ1n) is 5.06. The second kappa shape index (κ2) is 4.36. The minimum atomic E-state index is -1.09. The predicted molar refractivity (Wildman–Crippen MR) is 63.7 cm³/mol. The van der Waals surface area contributed by atoms with Gasteiger partial charge in [-0.1, -0.05) is 0 Å². The molecular weight excluding hydrogens is 238 g/mol. The predicted octanol–water partition coefficient (Wildman–Crippen LogP) is 1.45. The zero-order valence-corrected chi connectivity index (χ0v) is 9.80. The lowest BCUT2D eigenvalue weighted by Crippen LogP contribution is -2.12. The monoisotopic (exact) mass is 249 g/mol. The fourth-order valence-electron chi connectivity index (χ4n) is 1.70. The molecule has 94 valence electrons. The minimum Gasteiger partial charge on any atom is -0.478 e. The van der Waals surface area contributed by atoms with Crippen LogP contribution >= 0.6 is 0 Å². The van der Waals surface area contributed by atoms with Crippen molar-refractivity contribution in [3.8, 4) is 0 Å². The first-order valence-corrected chi connectivity index (χ1v) is 5.06. The van der Waals surface area contributed by atoms with Crippen molar-refractivity contribution >= 4 is 28.8 Å². The largest absolute Gasteiger partial charge is 0.478 e. The van der Waals surface area contributed by atoms with Crippen LogP contribution in [-0.2, 0) is 11.8 Å². The lowest BCUT2D eigenvalue weighted by atomic mass is 10.1. The van der Waals surface area contributed by atoms with Crippen LogP contribution in [0, 0.1) is 0 Å². The highest BCUT2D eigenvalue weighted by Crippen LogP contribution is 2.23. The molecule has 2 aromatic rings. The molecule has 7 nitrogen and oxygen atoms in total. The molecular formula is C11H11N3O4. The molecule has 0 saturated heterocycles. The van der Waals surface area contributed by atoms with Gasteiger partial charge in [0.15, 0.2) is 0 Å². The van der Waals surface area contributed by atoms with E-state index in [2.05, 4.69) is 15.0 Å². The number of aryl methyl sites for hydroxylation is 1. The summed E-state index contributed by atoms with van der Waals surface area (Å²) in [4.78, 5) is 26.3. The molecule has 2 rings (SSSR count). The Morgan fingerprint density at radius 1 is 1.44 bits per heavy atom. The van der Waals surface area contributed by atoms with Crippen molar-refractivity contribution in [1.82, 2.24) is 9.55 Å². The number of carbonyl (C=O) groups is 2. The summed E-state index contributed by atoms with van der Waals surface area (Å²) in [6, 6.07) is 2.95. The summed E-state index contributed by atoms with van der Waals surface area (Å²) in [5, 5.41) is 11.6. The molecule has 0 unspecified atom stereocenters. The molecule has 0 fully saturated rings. The third-order valence-electron chi connectivity index (χ3n) is 2.47. The van der Waals surface area contributed by atoms with Gasteiger partial charge < -0.3 is 14.4 Å². The fraction of sp³-hybridized carbons (Fsp3) is 0.182. The van der Waals surface area contributed by atoms with Crippen molar-refractivity contribution in [2.45, 2.75) is 0 Å². The number of carboxylic acid groups (broad SMARTS) is 1. The number of aromatic carboxylic acids is 1. The number of anilines is 1. The maximum atomic E-state index is 11.2. The Bertz CT molecular complexity index is 632. The number of amides is 1. The van der Waals surface area contributed by atoms with Crippen molar-refractivity contribution in [2.24, 2.45) is 7.05 Å². The number of nitrogens with zero attached hydrogens (tertiary/aromatic N) is 2. The average Bonchev–Trinajstić information content (AvgIpc) is 2.70. The van der Waals surface area contributed by atoms with Gasteiger partial charge in [-0.05, 0) is 12.1 Å². The second-order valence-electron chi connectivity index (χ2n) is 3.67. The van der Waals surface area contributed by atoms with Gasteiger partial charge in [-0.2, -0.15) is 0 Å². The smallest absolute Gasteiger partial charge is 0.411 e. The Balaban J connectivity index is 2.58. The van der Waals surface area contributed by atoms with Gasteiger partial charge in [-0.25, -0.2) is 14.6 Å². The third kappa shape index (κ3) is 1.97. The van der Waals surface area contributed by atoms with Crippen molar-refractivity contribution in [2.75, 3.05) is 12.4 Å². The molecule has 0 spiro atoms. The molecule has 0 aliphatic rings. The number of carboxylic acids is 1. The number of hydrogen-bond acceptors (Lipinski definition) is 4. The SMILES string of the molecule is COC(=O)Nc1cc(C(=O)O)c2c(c1)ncn2C. The normalized spacial score (nSPS) is 10.3. The number of benzene rings is 1. The van der Waals surface area contributed by atoms with E-state index in [4.69, 9.17) is 5.11 Å². The van der Waals surface area contributed by atoms with Crippen molar-refractivity contribution < 1.29 is 19.4 Å². The fourth-order valence-corrected chi connectivity index (χ4v) is 1.70. The van der Waals surface area contributed by atoms with Gasteiger partial charge >= 0.3 is 12.1 Å². The maximum absolute atomic E-state index is 11.2. The standard InChI is InChI=1S/C11H11N3O4/c1-14-5-12-8-4-6(13-11(17)18-2)3-7(9(8)14)10(15)16/h3-5H,1-2H3,(H,13,17)(H,15,16). The molecule has 0 aliphatic carbocycles. The van der Waals surface area contributed by atoms with Crippen LogP contribution in [0.4, 0.5) is 10.5 Å². The van der Waals surface area contributed by atoms with Crippen LogP contribution in [0.5, 0.6) is 0 Å².